The highest BCUT2D eigenvalue weighted by molar-refractivity contribution is 6.15. The zero-order valence-corrected chi connectivity index (χ0v) is 20.4. The molecule has 0 heterocycles. The van der Waals surface area contributed by atoms with E-state index in [0.29, 0.717) is 22.6 Å². The Morgan fingerprint density at radius 3 is 1.82 bits per heavy atom. The molecule has 6 nitrogen and oxygen atoms in total. The van der Waals surface area contributed by atoms with Crippen LogP contribution in [0.5, 0.6) is 17.2 Å². The molecule has 0 fully saturated rings. The van der Waals surface area contributed by atoms with Crippen LogP contribution in [0, 0.1) is 34.6 Å². The highest BCUT2D eigenvalue weighted by atomic mass is 16.5. The van der Waals surface area contributed by atoms with Crippen LogP contribution < -0.4 is 14.2 Å². The molecule has 182 valence electrons. The molecule has 0 unspecified atom stereocenters. The average Bonchev–Trinajstić information content (AvgIpc) is 2.97. The molecule has 0 aliphatic carbocycles. The monoisotopic (exact) mass is 503 g/mol. The number of hydrogen-bond acceptors (Lipinski definition) is 6. The topological polar surface area (TPSA) is 99.1 Å². The largest absolute Gasteiger partial charge is 0.387 e. The van der Waals surface area contributed by atoms with Crippen LogP contribution >= 0.6 is 0 Å². The molecule has 0 aromatic heterocycles. The zero-order chi connectivity index (χ0) is 26.8. The third kappa shape index (κ3) is 3.89. The van der Waals surface area contributed by atoms with Crippen molar-refractivity contribution in [2.45, 2.75) is 0 Å². The maximum Gasteiger partial charge on any atom is 0.292 e. The number of rotatable bonds is 5. The van der Waals surface area contributed by atoms with Gasteiger partial charge in [-0.2, -0.15) is 0 Å². The molecule has 0 atom stereocenters. The molecule has 0 saturated carbocycles. The predicted molar refractivity (Wildman–Crippen MR) is 149 cm³/mol. The number of fused-ring (bicyclic) bond motifs is 3. The Balaban J connectivity index is 1.73. The molecule has 0 aliphatic rings. The second-order valence-electron chi connectivity index (χ2n) is 8.74. The summed E-state index contributed by atoms with van der Waals surface area (Å²) in [5, 5.41) is 33.1. The molecule has 39 heavy (non-hydrogen) atoms. The van der Waals surface area contributed by atoms with E-state index in [1.807, 2.05) is 91.2 Å². The van der Waals surface area contributed by atoms with Gasteiger partial charge in [0, 0.05) is 16.3 Å². The van der Waals surface area contributed by atoms with Gasteiger partial charge in [0.1, 0.15) is 5.75 Å². The Bertz CT molecular complexity index is 2050. The smallest absolute Gasteiger partial charge is 0.292 e. The van der Waals surface area contributed by atoms with Crippen LogP contribution in [-0.4, -0.2) is 0 Å². The van der Waals surface area contributed by atoms with Crippen molar-refractivity contribution in [2.24, 2.45) is 0 Å². The summed E-state index contributed by atoms with van der Waals surface area (Å²) in [6.07, 6.45) is 5.37. The summed E-state index contributed by atoms with van der Waals surface area (Å²) in [4.78, 5) is 0. The second-order valence-corrected chi connectivity index (χ2v) is 8.74. The van der Waals surface area contributed by atoms with Crippen molar-refractivity contribution >= 4 is 32.3 Å². The minimum absolute atomic E-state index is 0.386. The van der Waals surface area contributed by atoms with Gasteiger partial charge in [-0.05, 0) is 56.4 Å². The normalized spacial score (nSPS) is 10.5. The van der Waals surface area contributed by atoms with Crippen molar-refractivity contribution in [2.75, 3.05) is 0 Å². The Kier molecular flexibility index (Phi) is 5.87. The standard InChI is InChI=1S/C33H17N3O3/c34-18-37-29-12-4-9-24-23(8-3-10-26(24)29)25-15-16-28(33-27(25)11-5-13-30(33)38-19-35)32-22-7-2-1-6-21(22)14-17-31(32)39-20-36/h1-17H. The van der Waals surface area contributed by atoms with Gasteiger partial charge in [-0.25, -0.2) is 0 Å². The summed E-state index contributed by atoms with van der Waals surface area (Å²) in [5.41, 5.74) is 3.31. The molecule has 0 radical (unpaired) electrons. The lowest BCUT2D eigenvalue weighted by atomic mass is 9.88. The Hall–Kier alpha value is -6.03. The third-order valence-electron chi connectivity index (χ3n) is 6.80. The van der Waals surface area contributed by atoms with E-state index in [4.69, 9.17) is 19.5 Å². The minimum atomic E-state index is 0.386. The van der Waals surface area contributed by atoms with E-state index in [0.717, 1.165) is 49.2 Å². The Labute approximate surface area is 223 Å². The average molecular weight is 504 g/mol. The fourth-order valence-electron chi connectivity index (χ4n) is 5.27. The van der Waals surface area contributed by atoms with E-state index >= 15 is 0 Å². The van der Waals surface area contributed by atoms with Crippen molar-refractivity contribution < 1.29 is 14.2 Å². The van der Waals surface area contributed by atoms with Crippen LogP contribution in [0.25, 0.3) is 54.6 Å². The maximum absolute atomic E-state index is 9.48. The zero-order valence-electron chi connectivity index (χ0n) is 20.4. The van der Waals surface area contributed by atoms with Crippen LogP contribution in [0.1, 0.15) is 0 Å². The van der Waals surface area contributed by atoms with Crippen molar-refractivity contribution in [3.05, 3.63) is 103 Å². The van der Waals surface area contributed by atoms with Crippen LogP contribution in [0.4, 0.5) is 0 Å². The van der Waals surface area contributed by atoms with Gasteiger partial charge in [0.25, 0.3) is 18.8 Å². The van der Waals surface area contributed by atoms with Crippen LogP contribution in [0.3, 0.4) is 0 Å². The van der Waals surface area contributed by atoms with E-state index in [1.165, 1.54) is 0 Å². The van der Waals surface area contributed by atoms with Gasteiger partial charge in [-0.1, -0.05) is 84.9 Å². The number of hydrogen-bond donors (Lipinski definition) is 0. The number of nitrogens with zero attached hydrogens (tertiary/aromatic N) is 3. The van der Waals surface area contributed by atoms with E-state index in [9.17, 15) is 10.5 Å². The van der Waals surface area contributed by atoms with Crippen LogP contribution in [0.15, 0.2) is 103 Å². The molecular formula is C33H17N3O3. The number of nitriles is 3. The first-order valence-corrected chi connectivity index (χ1v) is 12.0. The van der Waals surface area contributed by atoms with Crippen LogP contribution in [-0.2, 0) is 0 Å². The molecular weight excluding hydrogens is 486 g/mol. The summed E-state index contributed by atoms with van der Waals surface area (Å²) in [6, 6.07) is 32.5. The SMILES string of the molecule is N#COc1ccc2ccccc2c1-c1ccc(-c2cccc3c(OC#N)cccc23)c2cccc(OC#N)c12. The fourth-order valence-corrected chi connectivity index (χ4v) is 5.27. The van der Waals surface area contributed by atoms with Crippen molar-refractivity contribution in [1.29, 1.82) is 15.8 Å². The molecule has 0 spiro atoms. The van der Waals surface area contributed by atoms with E-state index in [-0.39, 0.29) is 0 Å². The first kappa shape index (κ1) is 23.4. The van der Waals surface area contributed by atoms with Gasteiger partial charge in [0.2, 0.25) is 0 Å². The van der Waals surface area contributed by atoms with Gasteiger partial charge in [0.15, 0.2) is 11.5 Å². The molecule has 6 aromatic carbocycles. The van der Waals surface area contributed by atoms with Gasteiger partial charge in [-0.15, -0.1) is 15.8 Å². The number of ether oxygens (including phenoxy) is 3. The Morgan fingerprint density at radius 1 is 0.410 bits per heavy atom. The molecule has 0 bridgehead atoms. The van der Waals surface area contributed by atoms with Gasteiger partial charge >= 0.3 is 0 Å². The lowest BCUT2D eigenvalue weighted by Gasteiger charge is -2.18. The van der Waals surface area contributed by atoms with Gasteiger partial charge in [0.05, 0.1) is 0 Å². The first-order chi connectivity index (χ1) is 19.2. The molecule has 0 amide bonds. The summed E-state index contributed by atoms with van der Waals surface area (Å²) < 4.78 is 16.1. The second kappa shape index (κ2) is 9.79. The molecule has 6 rings (SSSR count). The molecule has 0 N–H and O–H groups in total. The Morgan fingerprint density at radius 2 is 1.00 bits per heavy atom. The first-order valence-electron chi connectivity index (χ1n) is 12.0. The molecule has 0 saturated heterocycles. The highest BCUT2D eigenvalue weighted by Gasteiger charge is 2.20. The van der Waals surface area contributed by atoms with Crippen molar-refractivity contribution in [1.82, 2.24) is 0 Å². The van der Waals surface area contributed by atoms with E-state index < -0.39 is 0 Å². The molecule has 6 heteroatoms. The quantitative estimate of drug-likeness (QED) is 0.221. The van der Waals surface area contributed by atoms with Crippen LogP contribution in [0.2, 0.25) is 0 Å². The highest BCUT2D eigenvalue weighted by Crippen LogP contribution is 2.47. The summed E-state index contributed by atoms with van der Waals surface area (Å²) >= 11 is 0. The fraction of sp³-hybridized carbons (Fsp3) is 0. The van der Waals surface area contributed by atoms with Crippen molar-refractivity contribution in [3.8, 4) is 58.3 Å². The summed E-state index contributed by atoms with van der Waals surface area (Å²) in [6.45, 7) is 0. The molecule has 6 aromatic rings. The van der Waals surface area contributed by atoms with Crippen molar-refractivity contribution in [3.63, 3.8) is 0 Å². The van der Waals surface area contributed by atoms with E-state index in [1.54, 1.807) is 30.7 Å². The van der Waals surface area contributed by atoms with Gasteiger partial charge in [-0.3, -0.25) is 0 Å². The predicted octanol–water partition coefficient (Wildman–Crippen LogP) is 8.06. The number of benzene rings is 6. The maximum atomic E-state index is 9.48. The summed E-state index contributed by atoms with van der Waals surface area (Å²) in [7, 11) is 0. The van der Waals surface area contributed by atoms with E-state index in [2.05, 4.69) is 0 Å². The molecule has 0 aliphatic heterocycles. The summed E-state index contributed by atoms with van der Waals surface area (Å²) in [5.74, 6) is 1.26. The third-order valence-corrected chi connectivity index (χ3v) is 6.80. The minimum Gasteiger partial charge on any atom is -0.387 e. The lowest BCUT2D eigenvalue weighted by molar-refractivity contribution is 0.509. The van der Waals surface area contributed by atoms with Gasteiger partial charge < -0.3 is 14.2 Å². The lowest BCUT2D eigenvalue weighted by Crippen LogP contribution is -1.94.